The first-order valence-electron chi connectivity index (χ1n) is 7.56. The molecule has 0 aliphatic heterocycles. The Morgan fingerprint density at radius 2 is 1.74 bits per heavy atom. The van der Waals surface area contributed by atoms with E-state index in [-0.39, 0.29) is 35.6 Å². The predicted molar refractivity (Wildman–Crippen MR) is 78.0 cm³/mol. The number of ether oxygens (including phenoxy) is 1. The molecule has 1 rings (SSSR count). The fourth-order valence-electron chi connectivity index (χ4n) is 3.82. The van der Waals surface area contributed by atoms with Gasteiger partial charge >= 0.3 is 0 Å². The van der Waals surface area contributed by atoms with Crippen molar-refractivity contribution in [3.63, 3.8) is 0 Å². The Bertz CT molecular complexity index is 266. The highest BCUT2D eigenvalue weighted by atomic mass is 16.5. The van der Waals surface area contributed by atoms with Crippen molar-refractivity contribution in [2.75, 3.05) is 13.2 Å². The van der Waals surface area contributed by atoms with Crippen LogP contribution in [0, 0.1) is 16.7 Å². The minimum Gasteiger partial charge on any atom is -0.394 e. The third-order valence-electron chi connectivity index (χ3n) is 4.20. The molecule has 0 amide bonds. The van der Waals surface area contributed by atoms with Crippen molar-refractivity contribution in [2.24, 2.45) is 16.7 Å². The summed E-state index contributed by atoms with van der Waals surface area (Å²) in [6, 6.07) is 0. The molecule has 1 fully saturated rings. The molecule has 3 atom stereocenters. The lowest BCUT2D eigenvalue weighted by atomic mass is 9.63. The topological polar surface area (TPSA) is 49.7 Å². The van der Waals surface area contributed by atoms with Crippen LogP contribution in [0.3, 0.4) is 0 Å². The molecule has 0 heterocycles. The van der Waals surface area contributed by atoms with E-state index in [9.17, 15) is 5.11 Å². The molecule has 1 aliphatic rings. The van der Waals surface area contributed by atoms with Crippen LogP contribution in [0.1, 0.15) is 60.3 Å². The van der Waals surface area contributed by atoms with Gasteiger partial charge in [-0.1, -0.05) is 34.6 Å². The minimum atomic E-state index is -0.216. The van der Waals surface area contributed by atoms with Crippen molar-refractivity contribution >= 4 is 0 Å². The number of aliphatic hydroxyl groups excluding tert-OH is 2. The summed E-state index contributed by atoms with van der Waals surface area (Å²) in [7, 11) is 0. The molecule has 0 saturated heterocycles. The van der Waals surface area contributed by atoms with Crippen LogP contribution in [0.5, 0.6) is 0 Å². The van der Waals surface area contributed by atoms with Crippen molar-refractivity contribution in [3.05, 3.63) is 0 Å². The highest BCUT2D eigenvalue weighted by molar-refractivity contribution is 4.91. The molecule has 0 radical (unpaired) electrons. The molecule has 0 bridgehead atoms. The second kappa shape index (κ2) is 6.55. The van der Waals surface area contributed by atoms with Gasteiger partial charge in [-0.15, -0.1) is 0 Å². The Kier molecular flexibility index (Phi) is 5.84. The second-order valence-electron chi connectivity index (χ2n) is 7.93. The van der Waals surface area contributed by atoms with Gasteiger partial charge in [-0.05, 0) is 42.4 Å². The van der Waals surface area contributed by atoms with E-state index in [0.29, 0.717) is 6.61 Å². The molecule has 1 aliphatic carbocycles. The van der Waals surface area contributed by atoms with Crippen molar-refractivity contribution in [1.29, 1.82) is 0 Å². The summed E-state index contributed by atoms with van der Waals surface area (Å²) in [5.74, 6) is 0.282. The Morgan fingerprint density at radius 3 is 2.26 bits per heavy atom. The van der Waals surface area contributed by atoms with Crippen LogP contribution in [-0.4, -0.2) is 35.6 Å². The van der Waals surface area contributed by atoms with Crippen LogP contribution in [0.4, 0.5) is 0 Å². The Balaban J connectivity index is 2.67. The summed E-state index contributed by atoms with van der Waals surface area (Å²) in [6.07, 6.45) is 3.70. The summed E-state index contributed by atoms with van der Waals surface area (Å²) in [5.41, 5.74) is 0.376. The van der Waals surface area contributed by atoms with E-state index in [4.69, 9.17) is 9.84 Å². The lowest BCUT2D eigenvalue weighted by molar-refractivity contribution is -0.0801. The average molecular weight is 272 g/mol. The zero-order valence-corrected chi connectivity index (χ0v) is 13.3. The monoisotopic (exact) mass is 272 g/mol. The maximum Gasteiger partial charge on any atom is 0.0701 e. The molecule has 3 nitrogen and oxygen atoms in total. The van der Waals surface area contributed by atoms with Crippen molar-refractivity contribution in [1.82, 2.24) is 0 Å². The number of hydrogen-bond acceptors (Lipinski definition) is 3. The molecule has 2 N–H and O–H groups in total. The van der Waals surface area contributed by atoms with Gasteiger partial charge in [0.1, 0.15) is 0 Å². The third-order valence-corrected chi connectivity index (χ3v) is 4.20. The number of hydrogen-bond donors (Lipinski definition) is 2. The highest BCUT2D eigenvalue weighted by Crippen LogP contribution is 2.45. The Labute approximate surface area is 118 Å². The molecule has 0 aromatic carbocycles. The lowest BCUT2D eigenvalue weighted by Crippen LogP contribution is -2.43. The van der Waals surface area contributed by atoms with Crippen LogP contribution in [0.15, 0.2) is 0 Å². The van der Waals surface area contributed by atoms with Gasteiger partial charge in [0, 0.05) is 0 Å². The van der Waals surface area contributed by atoms with E-state index >= 15 is 0 Å². The lowest BCUT2D eigenvalue weighted by Gasteiger charge is -2.45. The molecule has 3 heteroatoms. The van der Waals surface area contributed by atoms with Crippen LogP contribution >= 0.6 is 0 Å². The number of aliphatic hydroxyl groups is 2. The Hall–Kier alpha value is -0.120. The first-order valence-corrected chi connectivity index (χ1v) is 7.56. The van der Waals surface area contributed by atoms with E-state index in [0.717, 1.165) is 25.7 Å². The van der Waals surface area contributed by atoms with Gasteiger partial charge in [0.2, 0.25) is 0 Å². The number of rotatable bonds is 5. The molecule has 0 spiro atoms. The van der Waals surface area contributed by atoms with Gasteiger partial charge in [0.05, 0.1) is 25.4 Å². The SMILES string of the molecule is CC(C)(C)CC(C)(C)C1CC(OCCO)CCC1O. The van der Waals surface area contributed by atoms with Crippen molar-refractivity contribution < 1.29 is 14.9 Å². The summed E-state index contributed by atoms with van der Waals surface area (Å²) >= 11 is 0. The van der Waals surface area contributed by atoms with Gasteiger partial charge in [-0.2, -0.15) is 0 Å². The first kappa shape index (κ1) is 16.9. The average Bonchev–Trinajstić information content (AvgIpc) is 2.24. The van der Waals surface area contributed by atoms with E-state index in [1.807, 2.05) is 0 Å². The molecule has 114 valence electrons. The largest absolute Gasteiger partial charge is 0.394 e. The van der Waals surface area contributed by atoms with Crippen LogP contribution in [-0.2, 0) is 4.74 Å². The van der Waals surface area contributed by atoms with Crippen LogP contribution < -0.4 is 0 Å². The molecule has 0 aromatic rings. The van der Waals surface area contributed by atoms with Gasteiger partial charge in [0.25, 0.3) is 0 Å². The minimum absolute atomic E-state index is 0.0785. The van der Waals surface area contributed by atoms with Crippen molar-refractivity contribution in [3.8, 4) is 0 Å². The van der Waals surface area contributed by atoms with E-state index < -0.39 is 0 Å². The Morgan fingerprint density at radius 1 is 1.11 bits per heavy atom. The molecular weight excluding hydrogens is 240 g/mol. The van der Waals surface area contributed by atoms with E-state index in [2.05, 4.69) is 34.6 Å². The van der Waals surface area contributed by atoms with Crippen molar-refractivity contribution in [2.45, 2.75) is 72.5 Å². The highest BCUT2D eigenvalue weighted by Gasteiger charge is 2.41. The van der Waals surface area contributed by atoms with Gasteiger partial charge < -0.3 is 14.9 Å². The summed E-state index contributed by atoms with van der Waals surface area (Å²) in [6.45, 7) is 11.8. The third kappa shape index (κ3) is 5.41. The maximum atomic E-state index is 10.3. The fourth-order valence-corrected chi connectivity index (χ4v) is 3.82. The predicted octanol–water partition coefficient (Wildman–Crippen LogP) is 2.99. The summed E-state index contributed by atoms with van der Waals surface area (Å²) in [5, 5.41) is 19.2. The molecule has 0 aromatic heterocycles. The van der Waals surface area contributed by atoms with Gasteiger partial charge in [0.15, 0.2) is 0 Å². The summed E-state index contributed by atoms with van der Waals surface area (Å²) in [4.78, 5) is 0. The first-order chi connectivity index (χ1) is 8.65. The molecule has 1 saturated carbocycles. The molecular formula is C16H32O3. The van der Waals surface area contributed by atoms with Crippen LogP contribution in [0.25, 0.3) is 0 Å². The molecule has 19 heavy (non-hydrogen) atoms. The standard InChI is InChI=1S/C16H32O3/c1-15(2,3)11-16(4,5)13-10-12(19-9-8-17)6-7-14(13)18/h12-14,17-18H,6-11H2,1-5H3. The van der Waals surface area contributed by atoms with E-state index in [1.54, 1.807) is 0 Å². The zero-order chi connectivity index (χ0) is 14.7. The van der Waals surface area contributed by atoms with E-state index in [1.165, 1.54) is 0 Å². The van der Waals surface area contributed by atoms with Crippen LogP contribution in [0.2, 0.25) is 0 Å². The van der Waals surface area contributed by atoms with Gasteiger partial charge in [-0.3, -0.25) is 0 Å². The van der Waals surface area contributed by atoms with Gasteiger partial charge in [-0.25, -0.2) is 0 Å². The maximum absolute atomic E-state index is 10.3. The smallest absolute Gasteiger partial charge is 0.0701 e. The zero-order valence-electron chi connectivity index (χ0n) is 13.3. The normalized spacial score (nSPS) is 29.5. The fraction of sp³-hybridized carbons (Fsp3) is 1.00. The second-order valence-corrected chi connectivity index (χ2v) is 7.93. The quantitative estimate of drug-likeness (QED) is 0.809. The molecule has 3 unspecified atom stereocenters. The summed E-state index contributed by atoms with van der Waals surface area (Å²) < 4.78 is 5.67.